The van der Waals surface area contributed by atoms with Gasteiger partial charge in [-0.2, -0.15) is 0 Å². The molecule has 0 saturated carbocycles. The molecule has 0 heterocycles. The summed E-state index contributed by atoms with van der Waals surface area (Å²) in [7, 11) is 0. The van der Waals surface area contributed by atoms with Gasteiger partial charge in [0.15, 0.2) is 0 Å². The second-order valence-corrected chi connectivity index (χ2v) is 5.82. The molecule has 0 aromatic heterocycles. The minimum atomic E-state index is -0.953. The monoisotopic (exact) mass is 360 g/mol. The predicted molar refractivity (Wildman–Crippen MR) is 108 cm³/mol. The van der Waals surface area contributed by atoms with Gasteiger partial charge in [-0.1, -0.05) is 93.0 Å². The summed E-state index contributed by atoms with van der Waals surface area (Å²) in [5.41, 5.74) is 0. The molecular formula is C22H32O4. The summed E-state index contributed by atoms with van der Waals surface area (Å²) in [4.78, 5) is 14.8. The Bertz CT molecular complexity index is 510. The van der Waals surface area contributed by atoms with Crippen molar-refractivity contribution < 1.29 is 20.0 Å². The van der Waals surface area contributed by atoms with E-state index in [0.717, 1.165) is 38.2 Å². The number of aliphatic carboxylic acids is 1. The highest BCUT2D eigenvalue weighted by molar-refractivity contribution is 5.80. The van der Waals surface area contributed by atoms with Gasteiger partial charge in [0, 0.05) is 6.08 Å². The highest BCUT2D eigenvalue weighted by atomic mass is 17.1. The number of carboxylic acid groups (broad SMARTS) is 1. The minimum Gasteiger partial charge on any atom is -0.478 e. The first-order valence-corrected chi connectivity index (χ1v) is 9.23. The fraction of sp³-hybridized carbons (Fsp3) is 0.409. The lowest BCUT2D eigenvalue weighted by Crippen LogP contribution is -2.10. The maximum Gasteiger partial charge on any atom is 0.328 e. The lowest BCUT2D eigenvalue weighted by atomic mass is 10.1. The molecule has 4 nitrogen and oxygen atoms in total. The number of carbonyl (C=O) groups is 1. The smallest absolute Gasteiger partial charge is 0.328 e. The Morgan fingerprint density at radius 2 is 1.38 bits per heavy atom. The van der Waals surface area contributed by atoms with Crippen molar-refractivity contribution in [2.45, 2.75) is 58.0 Å². The lowest BCUT2D eigenvalue weighted by molar-refractivity contribution is -0.281. The predicted octanol–water partition coefficient (Wildman–Crippen LogP) is 6.02. The summed E-state index contributed by atoms with van der Waals surface area (Å²) in [6.45, 7) is 2.17. The second kappa shape index (κ2) is 19.2. The molecule has 0 aliphatic rings. The highest BCUT2D eigenvalue weighted by Crippen LogP contribution is 2.12. The Morgan fingerprint density at radius 3 is 1.92 bits per heavy atom. The van der Waals surface area contributed by atoms with Crippen LogP contribution in [-0.2, 0) is 9.68 Å². The van der Waals surface area contributed by atoms with E-state index in [1.165, 1.54) is 18.9 Å². The number of unbranched alkanes of at least 4 members (excludes halogenated alkanes) is 3. The van der Waals surface area contributed by atoms with Crippen LogP contribution < -0.4 is 0 Å². The molecule has 0 spiro atoms. The molecule has 1 atom stereocenters. The standard InChI is InChI=1S/C22H32O4/c1-2-3-15-18-21(26-25)19-16-13-11-9-7-5-4-6-8-10-12-14-17-20-22(23)24/h4-12,14,17,20-21,25H,2-3,13,15-16,18-19H2,1H3,(H,23,24)/t21-/m0/s1. The van der Waals surface area contributed by atoms with E-state index in [0.29, 0.717) is 0 Å². The topological polar surface area (TPSA) is 66.8 Å². The fourth-order valence-corrected chi connectivity index (χ4v) is 2.16. The first-order valence-electron chi connectivity index (χ1n) is 9.23. The molecule has 26 heavy (non-hydrogen) atoms. The number of rotatable bonds is 15. The molecular weight excluding hydrogens is 328 g/mol. The zero-order chi connectivity index (χ0) is 19.3. The van der Waals surface area contributed by atoms with Crippen molar-refractivity contribution in [3.63, 3.8) is 0 Å². The van der Waals surface area contributed by atoms with Gasteiger partial charge in [0.25, 0.3) is 0 Å². The van der Waals surface area contributed by atoms with Crippen molar-refractivity contribution in [3.8, 4) is 0 Å². The third kappa shape index (κ3) is 18.2. The molecule has 0 unspecified atom stereocenters. The van der Waals surface area contributed by atoms with Crippen LogP contribution in [-0.4, -0.2) is 22.4 Å². The molecule has 0 aromatic rings. The largest absolute Gasteiger partial charge is 0.478 e. The molecule has 4 heteroatoms. The Morgan fingerprint density at radius 1 is 0.846 bits per heavy atom. The molecule has 0 fully saturated rings. The van der Waals surface area contributed by atoms with Gasteiger partial charge in [-0.05, 0) is 25.7 Å². The van der Waals surface area contributed by atoms with Crippen LogP contribution in [0.1, 0.15) is 51.9 Å². The van der Waals surface area contributed by atoms with Crippen molar-refractivity contribution in [3.05, 3.63) is 72.9 Å². The Balaban J connectivity index is 3.79. The molecule has 0 bridgehead atoms. The fourth-order valence-electron chi connectivity index (χ4n) is 2.16. The summed E-state index contributed by atoms with van der Waals surface area (Å²) in [5.74, 6) is -0.953. The van der Waals surface area contributed by atoms with Crippen LogP contribution >= 0.6 is 0 Å². The molecule has 0 aliphatic carbocycles. The maximum atomic E-state index is 10.2. The number of carboxylic acids is 1. The zero-order valence-corrected chi connectivity index (χ0v) is 15.7. The Hall–Kier alpha value is -2.17. The van der Waals surface area contributed by atoms with Crippen LogP contribution in [0.2, 0.25) is 0 Å². The van der Waals surface area contributed by atoms with Gasteiger partial charge in [-0.15, -0.1) is 0 Å². The van der Waals surface area contributed by atoms with Crippen LogP contribution in [0, 0.1) is 0 Å². The van der Waals surface area contributed by atoms with Gasteiger partial charge in [0.05, 0.1) is 6.10 Å². The summed E-state index contributed by atoms with van der Waals surface area (Å²) >= 11 is 0. The molecule has 2 N–H and O–H groups in total. The van der Waals surface area contributed by atoms with E-state index < -0.39 is 5.97 Å². The van der Waals surface area contributed by atoms with Crippen LogP contribution in [0.3, 0.4) is 0 Å². The molecule has 144 valence electrons. The first kappa shape index (κ1) is 23.8. The van der Waals surface area contributed by atoms with Gasteiger partial charge in [0.2, 0.25) is 0 Å². The van der Waals surface area contributed by atoms with Gasteiger partial charge in [0.1, 0.15) is 0 Å². The summed E-state index contributed by atoms with van der Waals surface area (Å²) in [5, 5.41) is 17.3. The van der Waals surface area contributed by atoms with Crippen LogP contribution in [0.5, 0.6) is 0 Å². The first-order chi connectivity index (χ1) is 12.7. The van der Waals surface area contributed by atoms with E-state index in [1.807, 2.05) is 42.5 Å². The van der Waals surface area contributed by atoms with Crippen molar-refractivity contribution >= 4 is 5.97 Å². The van der Waals surface area contributed by atoms with E-state index in [4.69, 9.17) is 10.4 Å². The quantitative estimate of drug-likeness (QED) is 0.123. The normalized spacial score (nSPS) is 14.2. The molecule has 0 radical (unpaired) electrons. The van der Waals surface area contributed by atoms with Crippen LogP contribution in [0.15, 0.2) is 72.9 Å². The van der Waals surface area contributed by atoms with E-state index >= 15 is 0 Å². The van der Waals surface area contributed by atoms with Crippen molar-refractivity contribution in [1.29, 1.82) is 0 Å². The van der Waals surface area contributed by atoms with Gasteiger partial charge in [-0.25, -0.2) is 9.68 Å². The molecule has 0 aromatic carbocycles. The van der Waals surface area contributed by atoms with Crippen molar-refractivity contribution in [2.24, 2.45) is 0 Å². The number of hydrogen-bond acceptors (Lipinski definition) is 3. The maximum absolute atomic E-state index is 10.2. The third-order valence-corrected chi connectivity index (χ3v) is 3.55. The van der Waals surface area contributed by atoms with E-state index in [-0.39, 0.29) is 6.10 Å². The van der Waals surface area contributed by atoms with Gasteiger partial charge < -0.3 is 5.11 Å². The zero-order valence-electron chi connectivity index (χ0n) is 15.7. The summed E-state index contributed by atoms with van der Waals surface area (Å²) < 4.78 is 0. The van der Waals surface area contributed by atoms with E-state index in [1.54, 1.807) is 12.2 Å². The van der Waals surface area contributed by atoms with E-state index in [9.17, 15) is 4.79 Å². The molecule has 0 rings (SSSR count). The number of allylic oxidation sites excluding steroid dienone is 11. The average Bonchev–Trinajstić information content (AvgIpc) is 2.63. The van der Waals surface area contributed by atoms with Gasteiger partial charge >= 0.3 is 5.97 Å². The third-order valence-electron chi connectivity index (χ3n) is 3.55. The Kier molecular flexibility index (Phi) is 17.6. The molecule has 0 amide bonds. The molecule has 0 aliphatic heterocycles. The van der Waals surface area contributed by atoms with Gasteiger partial charge in [-0.3, -0.25) is 5.26 Å². The van der Waals surface area contributed by atoms with E-state index in [2.05, 4.69) is 17.9 Å². The second-order valence-electron chi connectivity index (χ2n) is 5.82. The van der Waals surface area contributed by atoms with Crippen molar-refractivity contribution in [1.82, 2.24) is 0 Å². The Labute approximate surface area is 157 Å². The van der Waals surface area contributed by atoms with Crippen molar-refractivity contribution in [2.75, 3.05) is 0 Å². The summed E-state index contributed by atoms with van der Waals surface area (Å²) in [6, 6.07) is 0. The minimum absolute atomic E-state index is 0.0334. The average molecular weight is 360 g/mol. The number of hydrogen-bond donors (Lipinski definition) is 2. The molecule has 0 saturated heterocycles. The highest BCUT2D eigenvalue weighted by Gasteiger charge is 2.07. The SMILES string of the molecule is CCCCC[C@@H](CCCC=CC=CC=CC=CC=CC=CC(=O)O)OO. The van der Waals surface area contributed by atoms with Crippen LogP contribution in [0.4, 0.5) is 0 Å². The lowest BCUT2D eigenvalue weighted by Gasteiger charge is -2.11. The summed E-state index contributed by atoms with van der Waals surface area (Å²) in [6.07, 6.45) is 28.7. The van der Waals surface area contributed by atoms with Crippen LogP contribution in [0.25, 0.3) is 0 Å².